The van der Waals surface area contributed by atoms with Gasteiger partial charge < -0.3 is 0 Å². The zero-order valence-electron chi connectivity index (χ0n) is 6.38. The van der Waals surface area contributed by atoms with E-state index in [2.05, 4.69) is 23.9 Å². The summed E-state index contributed by atoms with van der Waals surface area (Å²) in [6.45, 7) is 7.51. The van der Waals surface area contributed by atoms with Gasteiger partial charge in [0.15, 0.2) is 0 Å². The first-order valence-electron chi connectivity index (χ1n) is 3.54. The minimum atomic E-state index is 0.619. The van der Waals surface area contributed by atoms with Gasteiger partial charge in [-0.3, -0.25) is 4.42 Å². The normalized spacial score (nSPS) is 10.0. The summed E-state index contributed by atoms with van der Waals surface area (Å²) in [5.41, 5.74) is 0. The first kappa shape index (κ1) is 9.15. The molecule has 56 valence electrons. The van der Waals surface area contributed by atoms with Crippen molar-refractivity contribution in [1.29, 1.82) is 0 Å². The van der Waals surface area contributed by atoms with Gasteiger partial charge in [-0.15, -0.1) is 6.58 Å². The molecule has 0 aliphatic carbocycles. The molecule has 0 unspecified atom stereocenters. The van der Waals surface area contributed by atoms with E-state index in [1.165, 1.54) is 6.42 Å². The molecule has 0 aliphatic rings. The molecule has 0 aromatic carbocycles. The van der Waals surface area contributed by atoms with Crippen molar-refractivity contribution in [1.82, 2.24) is 0 Å². The fraction of sp³-hybridized carbons (Fsp3) is 0.444. The van der Waals surface area contributed by atoms with Crippen LogP contribution in [0.4, 0.5) is 0 Å². The highest BCUT2D eigenvalue weighted by Gasteiger charge is 1.80. The third-order valence-electron chi connectivity index (χ3n) is 1.16. The largest absolute Gasteiger partial charge is 0.280 e. The lowest BCUT2D eigenvalue weighted by Crippen LogP contribution is -1.75. The van der Waals surface area contributed by atoms with E-state index in [0.717, 1.165) is 12.8 Å². The van der Waals surface area contributed by atoms with Gasteiger partial charge in [-0.25, -0.2) is 0 Å². The molecular weight excluding hydrogens is 124 g/mol. The molecule has 0 rings (SSSR count). The van der Waals surface area contributed by atoms with E-state index < -0.39 is 0 Å². The standard InChI is InChI=1S/C9H15O/c1-3-4-5-6-7-8-9-10-2/h3,7-8H,1-2,4-6,9H2/q+1/b8-7+. The van der Waals surface area contributed by atoms with Gasteiger partial charge in [0.2, 0.25) is 0 Å². The van der Waals surface area contributed by atoms with E-state index in [9.17, 15) is 0 Å². The number of unbranched alkanes of at least 4 members (excludes halogenated alkanes) is 2. The molecule has 0 aromatic rings. The lowest BCUT2D eigenvalue weighted by atomic mass is 10.2. The SMILES string of the molecule is C=CCCC/C=C/C[O+]=C. The van der Waals surface area contributed by atoms with E-state index in [1.807, 2.05) is 12.2 Å². The van der Waals surface area contributed by atoms with Crippen molar-refractivity contribution in [2.24, 2.45) is 0 Å². The van der Waals surface area contributed by atoms with Crippen molar-refractivity contribution < 1.29 is 4.42 Å². The van der Waals surface area contributed by atoms with E-state index in [4.69, 9.17) is 0 Å². The van der Waals surface area contributed by atoms with E-state index in [1.54, 1.807) is 0 Å². The highest BCUT2D eigenvalue weighted by atomic mass is 16.4. The maximum atomic E-state index is 4.59. The van der Waals surface area contributed by atoms with E-state index in [0.29, 0.717) is 6.61 Å². The molecular formula is C9H15O+. The minimum Gasteiger partial charge on any atom is -0.266 e. The van der Waals surface area contributed by atoms with E-state index in [-0.39, 0.29) is 0 Å². The second-order valence-electron chi connectivity index (χ2n) is 2.06. The minimum absolute atomic E-state index is 0.619. The molecule has 1 heteroatoms. The molecule has 0 saturated heterocycles. The number of allylic oxidation sites excluding steroid dienone is 2. The molecule has 0 fully saturated rings. The molecule has 0 aromatic heterocycles. The fourth-order valence-electron chi connectivity index (χ4n) is 0.634. The topological polar surface area (TPSA) is 11.3 Å². The Morgan fingerprint density at radius 3 is 2.60 bits per heavy atom. The van der Waals surface area contributed by atoms with Crippen molar-refractivity contribution >= 4 is 6.79 Å². The van der Waals surface area contributed by atoms with Gasteiger partial charge in [0, 0.05) is 6.08 Å². The van der Waals surface area contributed by atoms with Gasteiger partial charge in [0.25, 0.3) is 13.4 Å². The van der Waals surface area contributed by atoms with Crippen LogP contribution in [0.5, 0.6) is 0 Å². The average Bonchev–Trinajstić information content (AvgIpc) is 1.97. The van der Waals surface area contributed by atoms with Crippen LogP contribution in [0.1, 0.15) is 19.3 Å². The summed E-state index contributed by atoms with van der Waals surface area (Å²) < 4.78 is 4.59. The Labute approximate surface area is 62.8 Å². The van der Waals surface area contributed by atoms with Crippen LogP contribution in [-0.2, 0) is 4.42 Å². The monoisotopic (exact) mass is 139 g/mol. The Kier molecular flexibility index (Phi) is 7.46. The Morgan fingerprint density at radius 1 is 1.20 bits per heavy atom. The number of carbonyl (C=O) groups excluding carboxylic acids is 1. The van der Waals surface area contributed by atoms with Crippen molar-refractivity contribution in [2.75, 3.05) is 6.61 Å². The molecule has 0 atom stereocenters. The van der Waals surface area contributed by atoms with Gasteiger partial charge in [-0.05, 0) is 19.3 Å². The van der Waals surface area contributed by atoms with Crippen LogP contribution in [-0.4, -0.2) is 13.4 Å². The van der Waals surface area contributed by atoms with Crippen molar-refractivity contribution in [2.45, 2.75) is 19.3 Å². The highest BCUT2D eigenvalue weighted by Crippen LogP contribution is 1.95. The summed E-state index contributed by atoms with van der Waals surface area (Å²) >= 11 is 0. The second-order valence-corrected chi connectivity index (χ2v) is 2.06. The van der Waals surface area contributed by atoms with E-state index >= 15 is 0 Å². The fourth-order valence-corrected chi connectivity index (χ4v) is 0.634. The maximum absolute atomic E-state index is 4.59. The summed E-state index contributed by atoms with van der Waals surface area (Å²) in [5.74, 6) is 0. The van der Waals surface area contributed by atoms with Crippen LogP contribution in [0.15, 0.2) is 24.8 Å². The van der Waals surface area contributed by atoms with Crippen molar-refractivity contribution in [3.05, 3.63) is 24.8 Å². The van der Waals surface area contributed by atoms with Gasteiger partial charge in [-0.1, -0.05) is 12.2 Å². The number of hydrogen-bond acceptors (Lipinski definition) is 0. The molecule has 10 heavy (non-hydrogen) atoms. The molecule has 1 nitrogen and oxygen atoms in total. The quantitative estimate of drug-likeness (QED) is 0.304. The van der Waals surface area contributed by atoms with Crippen LogP contribution in [0.25, 0.3) is 0 Å². The number of hydrogen-bond donors (Lipinski definition) is 0. The third kappa shape index (κ3) is 7.15. The second kappa shape index (κ2) is 8.15. The summed E-state index contributed by atoms with van der Waals surface area (Å²) in [6, 6.07) is 0. The van der Waals surface area contributed by atoms with Gasteiger partial charge >= 0.3 is 0 Å². The summed E-state index contributed by atoms with van der Waals surface area (Å²) in [4.78, 5) is 0. The Balaban J connectivity index is 3.01. The first-order valence-corrected chi connectivity index (χ1v) is 3.54. The molecule has 0 bridgehead atoms. The molecule has 0 saturated carbocycles. The molecule has 0 spiro atoms. The summed E-state index contributed by atoms with van der Waals surface area (Å²) in [7, 11) is 0. The van der Waals surface area contributed by atoms with Crippen LogP contribution < -0.4 is 0 Å². The molecule has 0 amide bonds. The molecule has 0 N–H and O–H groups in total. The third-order valence-corrected chi connectivity index (χ3v) is 1.16. The Hall–Kier alpha value is -0.850. The number of rotatable bonds is 6. The lowest BCUT2D eigenvalue weighted by Gasteiger charge is -1.85. The predicted molar refractivity (Wildman–Crippen MR) is 45.2 cm³/mol. The zero-order chi connectivity index (χ0) is 7.66. The van der Waals surface area contributed by atoms with Crippen molar-refractivity contribution in [3.8, 4) is 0 Å². The zero-order valence-corrected chi connectivity index (χ0v) is 6.38. The molecule has 0 radical (unpaired) electrons. The summed E-state index contributed by atoms with van der Waals surface area (Å²) in [5, 5.41) is 0. The van der Waals surface area contributed by atoms with Gasteiger partial charge in [0.1, 0.15) is 0 Å². The van der Waals surface area contributed by atoms with Crippen LogP contribution >= 0.6 is 0 Å². The average molecular weight is 139 g/mol. The van der Waals surface area contributed by atoms with Crippen molar-refractivity contribution in [3.63, 3.8) is 0 Å². The lowest BCUT2D eigenvalue weighted by molar-refractivity contribution is -0.434. The Bertz CT molecular complexity index is 114. The highest BCUT2D eigenvalue weighted by molar-refractivity contribution is 5.12. The van der Waals surface area contributed by atoms with Crippen LogP contribution in [0.2, 0.25) is 0 Å². The summed E-state index contributed by atoms with van der Waals surface area (Å²) in [6.07, 6.45) is 9.40. The van der Waals surface area contributed by atoms with Gasteiger partial charge in [-0.2, -0.15) is 0 Å². The first-order chi connectivity index (χ1) is 4.91. The van der Waals surface area contributed by atoms with Crippen LogP contribution in [0.3, 0.4) is 0 Å². The van der Waals surface area contributed by atoms with Crippen LogP contribution in [0, 0.1) is 0 Å². The Morgan fingerprint density at radius 2 is 2.00 bits per heavy atom. The molecule has 0 heterocycles. The molecule has 0 aliphatic heterocycles. The predicted octanol–water partition coefficient (Wildman–Crippen LogP) is 2.26. The van der Waals surface area contributed by atoms with Gasteiger partial charge in [0.05, 0.1) is 0 Å². The smallest absolute Gasteiger partial charge is 0.266 e. The maximum Gasteiger partial charge on any atom is 0.280 e.